The van der Waals surface area contributed by atoms with Crippen molar-refractivity contribution >= 4 is 22.6 Å². The van der Waals surface area contributed by atoms with E-state index in [4.69, 9.17) is 0 Å². The highest BCUT2D eigenvalue weighted by molar-refractivity contribution is 6.15. The molecule has 2 amide bonds. The van der Waals surface area contributed by atoms with Crippen molar-refractivity contribution in [2.24, 2.45) is 0 Å². The molecule has 3 aromatic rings. The number of carbonyl (C=O) groups excluding carboxylic acids is 2. The molecule has 3 rings (SSSR count). The zero-order valence-corrected chi connectivity index (χ0v) is 14.7. The number of fused-ring (bicyclic) bond motifs is 1. The molecule has 0 aromatic heterocycles. The number of benzene rings is 3. The molecule has 0 saturated carbocycles. The third kappa shape index (κ3) is 3.31. The van der Waals surface area contributed by atoms with E-state index in [2.05, 4.69) is 0 Å². The third-order valence-electron chi connectivity index (χ3n) is 4.12. The number of rotatable bonds is 2. The van der Waals surface area contributed by atoms with Gasteiger partial charge in [0.25, 0.3) is 11.8 Å². The fourth-order valence-electron chi connectivity index (χ4n) is 2.94. The molecule has 0 heterocycles. The fraction of sp³-hybridized carbons (Fsp3) is 0.182. The van der Waals surface area contributed by atoms with E-state index in [0.717, 1.165) is 10.8 Å². The lowest BCUT2D eigenvalue weighted by molar-refractivity contribution is 0.0467. The van der Waals surface area contributed by atoms with E-state index in [1.54, 1.807) is 30.3 Å². The van der Waals surface area contributed by atoms with Crippen LogP contribution >= 0.6 is 0 Å². The second kappa shape index (κ2) is 6.52. The molecule has 0 bridgehead atoms. The van der Waals surface area contributed by atoms with E-state index in [1.165, 1.54) is 4.90 Å². The Bertz CT molecular complexity index is 918. The van der Waals surface area contributed by atoms with Crippen molar-refractivity contribution in [3.8, 4) is 0 Å². The second-order valence-corrected chi connectivity index (χ2v) is 7.01. The molecule has 25 heavy (non-hydrogen) atoms. The Balaban J connectivity index is 2.11. The minimum Gasteiger partial charge on any atom is -0.269 e. The SMILES string of the molecule is CC(C)(C)N(C(=O)c1ccccc1)C(=O)c1cccc2ccccc12. The summed E-state index contributed by atoms with van der Waals surface area (Å²) < 4.78 is 0. The van der Waals surface area contributed by atoms with Crippen LogP contribution in [0.5, 0.6) is 0 Å². The van der Waals surface area contributed by atoms with Gasteiger partial charge in [0.2, 0.25) is 0 Å². The Morgan fingerprint density at radius 2 is 1.32 bits per heavy atom. The van der Waals surface area contributed by atoms with Crippen molar-refractivity contribution < 1.29 is 9.59 Å². The van der Waals surface area contributed by atoms with Gasteiger partial charge in [0.1, 0.15) is 0 Å². The van der Waals surface area contributed by atoms with Crippen LogP contribution in [0.4, 0.5) is 0 Å². The minimum absolute atomic E-state index is 0.279. The van der Waals surface area contributed by atoms with Gasteiger partial charge in [-0.1, -0.05) is 54.6 Å². The van der Waals surface area contributed by atoms with Crippen LogP contribution in [0.3, 0.4) is 0 Å². The molecule has 0 saturated heterocycles. The average molecular weight is 331 g/mol. The molecule has 3 heteroatoms. The van der Waals surface area contributed by atoms with Crippen molar-refractivity contribution in [2.45, 2.75) is 26.3 Å². The molecule has 0 unspecified atom stereocenters. The maximum Gasteiger partial charge on any atom is 0.261 e. The summed E-state index contributed by atoms with van der Waals surface area (Å²) in [5.41, 5.74) is 0.407. The first-order chi connectivity index (χ1) is 11.9. The zero-order valence-electron chi connectivity index (χ0n) is 14.7. The van der Waals surface area contributed by atoms with Gasteiger partial charge >= 0.3 is 0 Å². The number of amides is 2. The van der Waals surface area contributed by atoms with Gasteiger partial charge in [-0.05, 0) is 49.7 Å². The average Bonchev–Trinajstić information content (AvgIpc) is 2.60. The minimum atomic E-state index is -0.638. The summed E-state index contributed by atoms with van der Waals surface area (Å²) in [5.74, 6) is -0.566. The molecule has 0 aliphatic heterocycles. The van der Waals surface area contributed by atoms with Crippen LogP contribution < -0.4 is 0 Å². The molecule has 3 nitrogen and oxygen atoms in total. The van der Waals surface area contributed by atoms with Crippen LogP contribution in [0.2, 0.25) is 0 Å². The van der Waals surface area contributed by atoms with Crippen molar-refractivity contribution in [3.05, 3.63) is 83.9 Å². The summed E-state index contributed by atoms with van der Waals surface area (Å²) in [7, 11) is 0. The van der Waals surface area contributed by atoms with Crippen LogP contribution in [-0.2, 0) is 0 Å². The molecule has 0 fully saturated rings. The van der Waals surface area contributed by atoms with Crippen molar-refractivity contribution in [1.82, 2.24) is 4.90 Å². The second-order valence-electron chi connectivity index (χ2n) is 7.01. The number of nitrogens with zero attached hydrogens (tertiary/aromatic N) is 1. The summed E-state index contributed by atoms with van der Waals surface area (Å²) in [5, 5.41) is 1.83. The number of imide groups is 1. The van der Waals surface area contributed by atoms with Crippen molar-refractivity contribution in [3.63, 3.8) is 0 Å². The van der Waals surface area contributed by atoms with Gasteiger partial charge in [-0.25, -0.2) is 0 Å². The Morgan fingerprint density at radius 1 is 0.720 bits per heavy atom. The maximum atomic E-state index is 13.3. The molecule has 0 radical (unpaired) electrons. The Morgan fingerprint density at radius 3 is 2.00 bits per heavy atom. The van der Waals surface area contributed by atoms with Crippen molar-refractivity contribution in [2.75, 3.05) is 0 Å². The first kappa shape index (κ1) is 16.9. The molecule has 0 atom stereocenters. The van der Waals surface area contributed by atoms with Gasteiger partial charge in [0.15, 0.2) is 0 Å². The highest BCUT2D eigenvalue weighted by atomic mass is 16.2. The molecular formula is C22H21NO2. The van der Waals surface area contributed by atoms with Crippen LogP contribution in [0.15, 0.2) is 72.8 Å². The van der Waals surface area contributed by atoms with E-state index in [-0.39, 0.29) is 11.8 Å². The Labute approximate surface area is 147 Å². The lowest BCUT2D eigenvalue weighted by atomic mass is 9.98. The third-order valence-corrected chi connectivity index (χ3v) is 4.12. The quantitative estimate of drug-likeness (QED) is 0.625. The predicted octanol–water partition coefficient (Wildman–Crippen LogP) is 4.92. The smallest absolute Gasteiger partial charge is 0.261 e. The van der Waals surface area contributed by atoms with E-state index >= 15 is 0 Å². The number of carbonyl (C=O) groups is 2. The molecule has 0 aliphatic carbocycles. The van der Waals surface area contributed by atoms with E-state index < -0.39 is 5.54 Å². The summed E-state index contributed by atoms with van der Waals surface area (Å²) in [6, 6.07) is 22.2. The molecule has 126 valence electrons. The van der Waals surface area contributed by atoms with Crippen LogP contribution in [0.1, 0.15) is 41.5 Å². The first-order valence-corrected chi connectivity index (χ1v) is 8.31. The Hall–Kier alpha value is -2.94. The van der Waals surface area contributed by atoms with Gasteiger partial charge in [-0.15, -0.1) is 0 Å². The number of hydrogen-bond donors (Lipinski definition) is 0. The van der Waals surface area contributed by atoms with Gasteiger partial charge in [0, 0.05) is 16.7 Å². The summed E-state index contributed by atoms with van der Waals surface area (Å²) in [6.07, 6.45) is 0. The number of hydrogen-bond acceptors (Lipinski definition) is 2. The standard InChI is InChI=1S/C22H21NO2/c1-22(2,3)23(20(24)17-11-5-4-6-12-17)21(25)19-15-9-13-16-10-7-8-14-18(16)19/h4-15H,1-3H3. The van der Waals surface area contributed by atoms with Crippen LogP contribution in [-0.4, -0.2) is 22.3 Å². The van der Waals surface area contributed by atoms with Gasteiger partial charge in [-0.2, -0.15) is 0 Å². The normalized spacial score (nSPS) is 11.3. The van der Waals surface area contributed by atoms with E-state index in [9.17, 15) is 9.59 Å². The van der Waals surface area contributed by atoms with E-state index in [0.29, 0.717) is 11.1 Å². The fourth-order valence-corrected chi connectivity index (χ4v) is 2.94. The molecule has 0 aliphatic rings. The largest absolute Gasteiger partial charge is 0.269 e. The summed E-state index contributed by atoms with van der Waals surface area (Å²) in [6.45, 7) is 5.62. The monoisotopic (exact) mass is 331 g/mol. The maximum absolute atomic E-state index is 13.3. The van der Waals surface area contributed by atoms with Gasteiger partial charge in [-0.3, -0.25) is 14.5 Å². The summed E-state index contributed by atoms with van der Waals surface area (Å²) in [4.78, 5) is 27.7. The Kier molecular flexibility index (Phi) is 4.41. The zero-order chi connectivity index (χ0) is 18.0. The highest BCUT2D eigenvalue weighted by Crippen LogP contribution is 2.25. The topological polar surface area (TPSA) is 37.4 Å². The lowest BCUT2D eigenvalue weighted by Crippen LogP contribution is -2.49. The molecule has 0 N–H and O–H groups in total. The summed E-state index contributed by atoms with van der Waals surface area (Å²) >= 11 is 0. The van der Waals surface area contributed by atoms with Crippen LogP contribution in [0, 0.1) is 0 Å². The van der Waals surface area contributed by atoms with Crippen LogP contribution in [0.25, 0.3) is 10.8 Å². The predicted molar refractivity (Wildman–Crippen MR) is 101 cm³/mol. The van der Waals surface area contributed by atoms with Gasteiger partial charge in [0.05, 0.1) is 0 Å². The highest BCUT2D eigenvalue weighted by Gasteiger charge is 2.34. The molecule has 0 spiro atoms. The van der Waals surface area contributed by atoms with Gasteiger partial charge < -0.3 is 0 Å². The lowest BCUT2D eigenvalue weighted by Gasteiger charge is -2.34. The van der Waals surface area contributed by atoms with E-state index in [1.807, 2.05) is 63.2 Å². The molecule has 3 aromatic carbocycles. The van der Waals surface area contributed by atoms with Crippen molar-refractivity contribution in [1.29, 1.82) is 0 Å². The molecular weight excluding hydrogens is 310 g/mol. The first-order valence-electron chi connectivity index (χ1n) is 8.31.